The summed E-state index contributed by atoms with van der Waals surface area (Å²) >= 11 is 0. The van der Waals surface area contributed by atoms with Gasteiger partial charge in [0.2, 0.25) is 41.7 Å². The summed E-state index contributed by atoms with van der Waals surface area (Å²) in [7, 11) is 0. The average Bonchev–Trinajstić information content (AvgIpc) is 1.48. The minimum absolute atomic E-state index is 0.0751. The van der Waals surface area contributed by atoms with Crippen LogP contribution in [-0.2, 0) is 63.7 Å². The fourth-order valence-electron chi connectivity index (χ4n) is 11.9. The molecule has 6 aliphatic rings. The summed E-state index contributed by atoms with van der Waals surface area (Å²) in [6.07, 6.45) is -31.5. The lowest BCUT2D eigenvalue weighted by Crippen LogP contribution is -2.70. The van der Waals surface area contributed by atoms with E-state index in [1.807, 2.05) is 13.8 Å². The number of aliphatic imine (C=N–C) groups is 2. The van der Waals surface area contributed by atoms with Gasteiger partial charge in [0.15, 0.2) is 30.5 Å². The van der Waals surface area contributed by atoms with Crippen LogP contribution >= 0.6 is 0 Å². The molecule has 25 unspecified atom stereocenters. The molecule has 6 heterocycles. The number of aliphatic hydroxyl groups excluding tert-OH is 13. The van der Waals surface area contributed by atoms with Crippen molar-refractivity contribution in [2.75, 3.05) is 46.1 Å². The summed E-state index contributed by atoms with van der Waals surface area (Å²) in [5.74, 6) is -9.74. The molecule has 4 saturated heterocycles. The number of aliphatic hydroxyl groups is 13. The minimum Gasteiger partial charge on any atom is -0.462 e. The molecule has 8 rings (SSSR count). The average molecular weight is 1390 g/mol. The Hall–Kier alpha value is -7.61. The van der Waals surface area contributed by atoms with E-state index in [0.717, 1.165) is 4.90 Å². The van der Waals surface area contributed by atoms with Crippen LogP contribution in [0, 0.1) is 5.92 Å². The molecule has 2 aromatic carbocycles. The Morgan fingerprint density at radius 2 is 1.21 bits per heavy atom. The molecule has 38 heteroatoms. The summed E-state index contributed by atoms with van der Waals surface area (Å²) in [4.78, 5) is 109. The molecule has 6 amide bonds. The third-order valence-corrected chi connectivity index (χ3v) is 17.7. The lowest BCUT2D eigenvalue weighted by atomic mass is 9.92. The molecule has 4 fully saturated rings. The molecular formula is C60H88N12O26. The number of carbonyl (C=O) groups excluding carboxylic acids is 7. The number of esters is 1. The molecule has 0 aliphatic carbocycles. The maximum absolute atomic E-state index is 15.2. The predicted octanol–water partition coefficient (Wildman–Crippen LogP) is -11.6. The summed E-state index contributed by atoms with van der Waals surface area (Å²) < 4.78 is 34.2. The van der Waals surface area contributed by atoms with E-state index in [2.05, 4.69) is 47.2 Å². The SMILES string of the molecule is CC(C)CCC(=O)OC1C(O)C(CO)OC(OC2C(CO)OC(Oc3ccc(CC4NC(=O)C(C(C)c5ccccc5)NC(=O)CNC(=O)C(CO)NC(=O)C(C(O)C5CN=C(N)N5C5OC(CO)C(O)C(O)C5O)NC(=O)C(C(O)C5CN=C(N)N5)NC4=O)cc3)C(O)C2O)C1O. The second kappa shape index (κ2) is 34.0. The van der Waals surface area contributed by atoms with Crippen LogP contribution in [0.4, 0.5) is 0 Å². The maximum atomic E-state index is 15.2. The van der Waals surface area contributed by atoms with E-state index in [4.69, 9.17) is 39.9 Å². The highest BCUT2D eigenvalue weighted by Crippen LogP contribution is 2.33. The van der Waals surface area contributed by atoms with Crippen molar-refractivity contribution in [3.63, 3.8) is 0 Å². The van der Waals surface area contributed by atoms with Crippen LogP contribution in [-0.4, -0.2) is 317 Å². The zero-order chi connectivity index (χ0) is 71.6. The van der Waals surface area contributed by atoms with Gasteiger partial charge in [0.05, 0.1) is 58.1 Å². The highest BCUT2D eigenvalue weighted by Gasteiger charge is 2.55. The molecule has 0 bridgehead atoms. The van der Waals surface area contributed by atoms with E-state index in [9.17, 15) is 90.4 Å². The molecule has 38 nitrogen and oxygen atoms in total. The van der Waals surface area contributed by atoms with Gasteiger partial charge in [-0.15, -0.1) is 0 Å². The van der Waals surface area contributed by atoms with E-state index in [1.165, 1.54) is 24.3 Å². The minimum atomic E-state index is -2.35. The number of hydrogen-bond acceptors (Lipinski definition) is 32. The number of rotatable bonds is 21. The smallest absolute Gasteiger partial charge is 0.306 e. The molecule has 24 N–H and O–H groups in total. The van der Waals surface area contributed by atoms with Gasteiger partial charge in [0, 0.05) is 18.8 Å². The highest BCUT2D eigenvalue weighted by molar-refractivity contribution is 5.98. The molecule has 0 aromatic heterocycles. The van der Waals surface area contributed by atoms with Crippen molar-refractivity contribution in [2.24, 2.45) is 27.4 Å². The molecule has 98 heavy (non-hydrogen) atoms. The van der Waals surface area contributed by atoms with Crippen molar-refractivity contribution in [1.82, 2.24) is 42.1 Å². The fourth-order valence-corrected chi connectivity index (χ4v) is 11.9. The first kappa shape index (κ1) is 76.1. The third kappa shape index (κ3) is 17.9. The van der Waals surface area contributed by atoms with Crippen LogP contribution in [0.2, 0.25) is 0 Å². The van der Waals surface area contributed by atoms with Gasteiger partial charge >= 0.3 is 5.97 Å². The normalized spacial score (nSPS) is 35.7. The van der Waals surface area contributed by atoms with Gasteiger partial charge in [-0.25, -0.2) is 0 Å². The summed E-state index contributed by atoms with van der Waals surface area (Å²) in [5, 5.41) is 160. The molecule has 6 aliphatic heterocycles. The molecule has 25 atom stereocenters. The number of hydrogen-bond donors (Lipinski definition) is 22. The monoisotopic (exact) mass is 1390 g/mol. The van der Waals surface area contributed by atoms with Crippen molar-refractivity contribution in [2.45, 2.75) is 193 Å². The molecule has 0 radical (unpaired) electrons. The maximum Gasteiger partial charge on any atom is 0.306 e. The van der Waals surface area contributed by atoms with Gasteiger partial charge in [-0.05, 0) is 35.6 Å². The van der Waals surface area contributed by atoms with E-state index in [1.54, 1.807) is 37.3 Å². The van der Waals surface area contributed by atoms with Gasteiger partial charge in [-0.1, -0.05) is 63.2 Å². The Morgan fingerprint density at radius 3 is 1.85 bits per heavy atom. The number of ether oxygens (including phenoxy) is 6. The Morgan fingerprint density at radius 1 is 0.602 bits per heavy atom. The molecule has 2 aromatic rings. The zero-order valence-corrected chi connectivity index (χ0v) is 53.4. The topological polar surface area (TPSA) is 602 Å². The third-order valence-electron chi connectivity index (χ3n) is 17.7. The van der Waals surface area contributed by atoms with Crippen LogP contribution < -0.4 is 53.4 Å². The number of benzene rings is 2. The van der Waals surface area contributed by atoms with Gasteiger partial charge in [0.25, 0.3) is 0 Å². The van der Waals surface area contributed by atoms with Crippen LogP contribution in [0.3, 0.4) is 0 Å². The van der Waals surface area contributed by atoms with E-state index >= 15 is 9.59 Å². The number of nitrogens with one attached hydrogen (secondary N) is 7. The lowest BCUT2D eigenvalue weighted by molar-refractivity contribution is -0.353. The summed E-state index contributed by atoms with van der Waals surface area (Å²) in [6.45, 7) is -0.318. The first-order chi connectivity index (χ1) is 46.6. The van der Waals surface area contributed by atoms with Gasteiger partial charge < -0.3 is 148 Å². The molecule has 0 spiro atoms. The number of carbonyl (C=O) groups is 7. The quantitative estimate of drug-likeness (QED) is 0.0516. The van der Waals surface area contributed by atoms with E-state index in [-0.39, 0.29) is 36.2 Å². The molecule has 0 saturated carbocycles. The lowest BCUT2D eigenvalue weighted by Gasteiger charge is -2.46. The van der Waals surface area contributed by atoms with E-state index < -0.39 is 246 Å². The largest absolute Gasteiger partial charge is 0.462 e. The Bertz CT molecular complexity index is 3120. The fraction of sp³-hybridized carbons (Fsp3) is 0.650. The van der Waals surface area contributed by atoms with Crippen molar-refractivity contribution >= 4 is 53.3 Å². The van der Waals surface area contributed by atoms with Gasteiger partial charge in [-0.2, -0.15) is 0 Å². The standard InChI is InChI=1S/C60H88N12O26/c1-23(2)9-14-36(78)97-50-43(82)33(21-75)95-58(48(50)87)98-49-34(22-76)96-57(47(86)45(49)84)93-27-12-10-25(11-13-27)15-28-52(89)70-38(40(79)29-16-64-59(61)68-29)55(92)71-39(41(80)31-17-65-60(62)72(31)56-46(85)44(83)42(81)32(20-74)94-56)54(91)67-30(19-73)51(88)63-18-35(77)69-37(53(90)66-28)24(3)26-7-5-4-6-8-26/h4-8,10-13,23-24,28-34,37-50,56-58,73-76,79-87H,9,14-22H2,1-3H3,(H2,62,65)(H,63,88)(H,66,90)(H,67,91)(H,69,77)(H,70,89)(H,71,92)(H3,61,64,68). The Kier molecular flexibility index (Phi) is 26.4. The van der Waals surface area contributed by atoms with Crippen molar-refractivity contribution in [3.8, 4) is 5.75 Å². The van der Waals surface area contributed by atoms with Crippen molar-refractivity contribution < 1.29 is 128 Å². The first-order valence-corrected chi connectivity index (χ1v) is 31.7. The number of amides is 6. The van der Waals surface area contributed by atoms with Crippen LogP contribution in [0.15, 0.2) is 64.6 Å². The zero-order valence-electron chi connectivity index (χ0n) is 53.4. The van der Waals surface area contributed by atoms with Crippen LogP contribution in [0.25, 0.3) is 0 Å². The van der Waals surface area contributed by atoms with Gasteiger partial charge in [0.1, 0.15) is 115 Å². The predicted molar refractivity (Wildman–Crippen MR) is 331 cm³/mol. The summed E-state index contributed by atoms with van der Waals surface area (Å²) in [5.41, 5.74) is 12.8. The van der Waals surface area contributed by atoms with Crippen LogP contribution in [0.1, 0.15) is 50.7 Å². The first-order valence-electron chi connectivity index (χ1n) is 31.7. The van der Waals surface area contributed by atoms with Crippen molar-refractivity contribution in [1.29, 1.82) is 0 Å². The van der Waals surface area contributed by atoms with Crippen LogP contribution in [0.5, 0.6) is 5.75 Å². The second-order valence-electron chi connectivity index (χ2n) is 25.0. The summed E-state index contributed by atoms with van der Waals surface area (Å²) in [6, 6.07) is 0.747. The number of nitrogens with two attached hydrogens (primary N) is 2. The highest BCUT2D eigenvalue weighted by atomic mass is 16.7. The number of guanidine groups is 2. The van der Waals surface area contributed by atoms with Gasteiger partial charge in [-0.3, -0.25) is 43.5 Å². The Labute approximate surface area is 559 Å². The second-order valence-corrected chi connectivity index (χ2v) is 25.0. The molecular weight excluding hydrogens is 1300 g/mol. The number of nitrogens with zero attached hydrogens (tertiary/aromatic N) is 3. The molecule has 544 valence electrons. The Balaban J connectivity index is 1.08. The van der Waals surface area contributed by atoms with E-state index in [0.29, 0.717) is 12.0 Å². The van der Waals surface area contributed by atoms with Crippen molar-refractivity contribution in [3.05, 3.63) is 65.7 Å².